The van der Waals surface area contributed by atoms with Gasteiger partial charge in [-0.3, -0.25) is 0 Å². The number of aromatic nitrogens is 8. The number of nitriles is 2. The molecule has 2 N–H and O–H groups in total. The van der Waals surface area contributed by atoms with Crippen LogP contribution in [0, 0.1) is 22.7 Å². The molecule has 0 saturated heterocycles. The normalized spacial score (nSPS) is 11.1. The number of nitrogens with one attached hydrogen (secondary N) is 2. The predicted octanol–water partition coefficient (Wildman–Crippen LogP) is 6.90. The number of benzene rings is 4. The van der Waals surface area contributed by atoms with Gasteiger partial charge in [0.25, 0.3) is 0 Å². The summed E-state index contributed by atoms with van der Waals surface area (Å²) >= 11 is 0. The van der Waals surface area contributed by atoms with Crippen LogP contribution in [0.1, 0.15) is 0 Å². The monoisotopic (exact) mass is 566 g/mol. The average molecular weight is 567 g/mol. The smallest absolute Gasteiger partial charge is 0.181 e. The van der Waals surface area contributed by atoms with Gasteiger partial charge < -0.3 is 9.97 Å². The van der Waals surface area contributed by atoms with Crippen LogP contribution in [0.3, 0.4) is 0 Å². The van der Waals surface area contributed by atoms with Crippen molar-refractivity contribution in [3.63, 3.8) is 0 Å². The lowest BCUT2D eigenvalue weighted by Crippen LogP contribution is -1.82. The fourth-order valence-electron chi connectivity index (χ4n) is 5.59. The van der Waals surface area contributed by atoms with Crippen LogP contribution in [0.4, 0.5) is 0 Å². The van der Waals surface area contributed by atoms with E-state index < -0.39 is 0 Å². The fourth-order valence-corrected chi connectivity index (χ4v) is 5.59. The molecular formula is C34H18N10. The summed E-state index contributed by atoms with van der Waals surface area (Å²) in [5.41, 5.74) is 6.45. The minimum Gasteiger partial charge on any atom is -0.324 e. The number of H-pyrrole nitrogens is 2. The van der Waals surface area contributed by atoms with Crippen LogP contribution in [-0.2, 0) is 0 Å². The molecule has 9 rings (SSSR count). The van der Waals surface area contributed by atoms with Crippen molar-refractivity contribution in [1.82, 2.24) is 39.9 Å². The third-order valence-electron chi connectivity index (χ3n) is 7.51. The van der Waals surface area contributed by atoms with Gasteiger partial charge in [0.05, 0.1) is 0 Å². The Balaban J connectivity index is 0.000000684. The molecular weight excluding hydrogens is 548 g/mol. The van der Waals surface area contributed by atoms with E-state index >= 15 is 0 Å². The van der Waals surface area contributed by atoms with Gasteiger partial charge in [-0.25, -0.2) is 29.9 Å². The van der Waals surface area contributed by atoms with Crippen molar-refractivity contribution in [3.05, 3.63) is 97.1 Å². The first-order valence-corrected chi connectivity index (χ1v) is 13.7. The van der Waals surface area contributed by atoms with Crippen molar-refractivity contribution in [2.24, 2.45) is 0 Å². The Labute approximate surface area is 249 Å². The van der Waals surface area contributed by atoms with Crippen molar-refractivity contribution in [3.8, 4) is 57.7 Å². The highest BCUT2D eigenvalue weighted by atomic mass is 15.1. The quantitative estimate of drug-likeness (QED) is 0.201. The third kappa shape index (κ3) is 3.95. The van der Waals surface area contributed by atoms with Gasteiger partial charge >= 0.3 is 0 Å². The maximum atomic E-state index is 7.26. The van der Waals surface area contributed by atoms with Crippen LogP contribution in [0.15, 0.2) is 97.1 Å². The summed E-state index contributed by atoms with van der Waals surface area (Å²) < 4.78 is 0. The molecule has 10 heteroatoms. The van der Waals surface area contributed by atoms with Crippen molar-refractivity contribution < 1.29 is 0 Å². The molecule has 10 nitrogen and oxygen atoms in total. The maximum absolute atomic E-state index is 7.26. The van der Waals surface area contributed by atoms with E-state index in [4.69, 9.17) is 40.4 Å². The molecule has 0 amide bonds. The van der Waals surface area contributed by atoms with Crippen LogP contribution in [0.2, 0.25) is 0 Å². The second kappa shape index (κ2) is 9.94. The summed E-state index contributed by atoms with van der Waals surface area (Å²) in [5, 5.41) is 18.3. The Hall–Kier alpha value is -6.78. The molecule has 5 heterocycles. The first kappa shape index (κ1) is 25.0. The molecule has 8 bridgehead atoms. The Kier molecular flexibility index (Phi) is 5.64. The Morgan fingerprint density at radius 1 is 0.364 bits per heavy atom. The van der Waals surface area contributed by atoms with Gasteiger partial charge in [-0.05, 0) is 0 Å². The highest BCUT2D eigenvalue weighted by Crippen LogP contribution is 2.36. The molecule has 44 heavy (non-hydrogen) atoms. The Morgan fingerprint density at radius 3 is 0.864 bits per heavy atom. The largest absolute Gasteiger partial charge is 0.324 e. The van der Waals surface area contributed by atoms with Crippen molar-refractivity contribution in [2.75, 3.05) is 0 Å². The van der Waals surface area contributed by atoms with Gasteiger partial charge in [0.15, 0.2) is 35.4 Å². The molecule has 2 aliphatic rings. The summed E-state index contributed by atoms with van der Waals surface area (Å²) in [6.07, 6.45) is 0. The van der Waals surface area contributed by atoms with Crippen molar-refractivity contribution in [2.45, 2.75) is 0 Å². The molecule has 4 aromatic carbocycles. The highest BCUT2D eigenvalue weighted by Gasteiger charge is 2.21. The van der Waals surface area contributed by atoms with Gasteiger partial charge in [-0.15, -0.1) is 0 Å². The number of fused-ring (bicyclic) bond motifs is 20. The van der Waals surface area contributed by atoms with E-state index in [9.17, 15) is 0 Å². The summed E-state index contributed by atoms with van der Waals surface area (Å²) in [7, 11) is 0. The zero-order valence-electron chi connectivity index (χ0n) is 22.8. The lowest BCUT2D eigenvalue weighted by Gasteiger charge is -1.96. The van der Waals surface area contributed by atoms with E-state index in [2.05, 4.69) is 9.97 Å². The molecule has 204 valence electrons. The molecule has 3 aromatic heterocycles. The van der Waals surface area contributed by atoms with Gasteiger partial charge in [0.1, 0.15) is 22.6 Å². The van der Waals surface area contributed by atoms with Gasteiger partial charge in [-0.1, -0.05) is 97.1 Å². The molecule has 0 unspecified atom stereocenters. The second-order valence-electron chi connectivity index (χ2n) is 10.0. The van der Waals surface area contributed by atoms with Crippen molar-refractivity contribution >= 4 is 44.1 Å². The molecule has 2 aliphatic heterocycles. The van der Waals surface area contributed by atoms with E-state index in [0.717, 1.165) is 43.8 Å². The van der Waals surface area contributed by atoms with Gasteiger partial charge in [0.2, 0.25) is 0 Å². The zero-order chi connectivity index (χ0) is 29.6. The molecule has 0 fully saturated rings. The summed E-state index contributed by atoms with van der Waals surface area (Å²) in [4.78, 5) is 36.8. The highest BCUT2D eigenvalue weighted by molar-refractivity contribution is 6.06. The van der Waals surface area contributed by atoms with Crippen LogP contribution >= 0.6 is 0 Å². The summed E-state index contributed by atoms with van der Waals surface area (Å²) in [5.74, 6) is 2.39. The molecule has 0 spiro atoms. The third-order valence-corrected chi connectivity index (χ3v) is 7.51. The number of aromatic amines is 2. The van der Waals surface area contributed by atoms with Gasteiger partial charge in [-0.2, -0.15) is 10.5 Å². The average Bonchev–Trinajstić information content (AvgIpc) is 3.81. The number of nitrogens with zero attached hydrogens (tertiary/aromatic N) is 8. The predicted molar refractivity (Wildman–Crippen MR) is 167 cm³/mol. The number of hydrogen-bond donors (Lipinski definition) is 2. The van der Waals surface area contributed by atoms with E-state index in [1.54, 1.807) is 0 Å². The van der Waals surface area contributed by atoms with E-state index in [1.807, 2.05) is 97.1 Å². The molecule has 7 aromatic rings. The lowest BCUT2D eigenvalue weighted by atomic mass is 10.1. The minimum absolute atomic E-state index is 0.597. The summed E-state index contributed by atoms with van der Waals surface area (Å²) in [6.45, 7) is 0. The molecule has 0 radical (unpaired) electrons. The van der Waals surface area contributed by atoms with Crippen LogP contribution in [0.5, 0.6) is 0 Å². The first-order valence-electron chi connectivity index (χ1n) is 13.7. The number of rotatable bonds is 0. The maximum Gasteiger partial charge on any atom is 0.181 e. The summed E-state index contributed by atoms with van der Waals surface area (Å²) in [6, 6.07) is 34.7. The Bertz CT molecular complexity index is 2210. The van der Waals surface area contributed by atoms with Crippen LogP contribution in [-0.4, -0.2) is 39.9 Å². The first-order chi connectivity index (χ1) is 21.7. The van der Waals surface area contributed by atoms with E-state index in [0.29, 0.717) is 45.9 Å². The van der Waals surface area contributed by atoms with Crippen LogP contribution in [0.25, 0.3) is 89.7 Å². The standard InChI is InChI=1S/C32H18N8.C2N2/c1-2-10-18-17(9-1)25-33-26(18)38-28-21-13-5-6-14-22(21)30(35-28)40-32-24-16-8-7-15-23(24)31(36-32)39-29-20-12-4-3-11-19(20)27(34-29)37-25;3-1-2-4/h1-16H,(H2,33,34,35,36,37,38,39,40);. The van der Waals surface area contributed by atoms with Crippen molar-refractivity contribution in [1.29, 1.82) is 10.5 Å². The lowest BCUT2D eigenvalue weighted by molar-refractivity contribution is 1.19. The number of hydrogen-bond acceptors (Lipinski definition) is 8. The zero-order valence-corrected chi connectivity index (χ0v) is 22.8. The van der Waals surface area contributed by atoms with E-state index in [1.165, 1.54) is 12.1 Å². The van der Waals surface area contributed by atoms with E-state index in [-0.39, 0.29) is 0 Å². The molecule has 0 atom stereocenters. The second-order valence-corrected chi connectivity index (χ2v) is 10.0. The molecule has 0 aliphatic carbocycles. The molecule has 0 saturated carbocycles. The van der Waals surface area contributed by atoms with Gasteiger partial charge in [0, 0.05) is 43.8 Å². The minimum atomic E-state index is 0.597. The van der Waals surface area contributed by atoms with Crippen LogP contribution < -0.4 is 0 Å². The Morgan fingerprint density at radius 2 is 0.614 bits per heavy atom. The topological polar surface area (TPSA) is 156 Å². The SMILES string of the molecule is N#CC#N.c1ccc2c(c1)-c1nc-2nc2[nH]c(nc3nc(nc4[nH]c(n1)c1ccccc41)-c1ccccc1-3)c1ccccc21. The fraction of sp³-hybridized carbons (Fsp3) is 0.